The minimum absolute atomic E-state index is 0.0227. The van der Waals surface area contributed by atoms with Crippen molar-refractivity contribution in [1.82, 2.24) is 5.32 Å². The number of amides is 1. The minimum atomic E-state index is 0.0227. The highest BCUT2D eigenvalue weighted by molar-refractivity contribution is 5.80. The summed E-state index contributed by atoms with van der Waals surface area (Å²) in [6, 6.07) is 0. The summed E-state index contributed by atoms with van der Waals surface area (Å²) in [5, 5.41) is 3.24. The lowest BCUT2D eigenvalue weighted by Crippen LogP contribution is -2.53. The fourth-order valence-electron chi connectivity index (χ4n) is 3.28. The molecule has 0 saturated carbocycles. The molecule has 0 aromatic carbocycles. The van der Waals surface area contributed by atoms with E-state index in [9.17, 15) is 4.79 Å². The van der Waals surface area contributed by atoms with Gasteiger partial charge in [-0.3, -0.25) is 4.79 Å². The minimum Gasteiger partial charge on any atom is -0.381 e. The molecule has 2 aliphatic rings. The topological polar surface area (TPSA) is 38.3 Å². The maximum atomic E-state index is 11.7. The van der Waals surface area contributed by atoms with Crippen molar-refractivity contribution in [3.8, 4) is 0 Å². The Labute approximate surface area is 97.9 Å². The number of carbonyl (C=O) groups excluding carboxylic acids is 1. The molecule has 92 valence electrons. The van der Waals surface area contributed by atoms with Crippen molar-refractivity contribution in [2.75, 3.05) is 13.2 Å². The molecule has 1 unspecified atom stereocenters. The van der Waals surface area contributed by atoms with Crippen molar-refractivity contribution in [3.05, 3.63) is 0 Å². The maximum absolute atomic E-state index is 11.7. The van der Waals surface area contributed by atoms with Gasteiger partial charge >= 0.3 is 0 Å². The normalized spacial score (nSPS) is 29.4. The Morgan fingerprint density at radius 1 is 1.44 bits per heavy atom. The summed E-state index contributed by atoms with van der Waals surface area (Å²) in [7, 11) is 0. The van der Waals surface area contributed by atoms with Crippen molar-refractivity contribution >= 4 is 5.91 Å². The second kappa shape index (κ2) is 4.02. The van der Waals surface area contributed by atoms with Gasteiger partial charge in [0, 0.05) is 25.2 Å². The first-order chi connectivity index (χ1) is 7.50. The zero-order valence-corrected chi connectivity index (χ0v) is 10.6. The van der Waals surface area contributed by atoms with Gasteiger partial charge in [0.1, 0.15) is 0 Å². The lowest BCUT2D eigenvalue weighted by Gasteiger charge is -2.45. The summed E-state index contributed by atoms with van der Waals surface area (Å²) in [6.45, 7) is 8.37. The zero-order valence-electron chi connectivity index (χ0n) is 10.6. The van der Waals surface area contributed by atoms with Crippen LogP contribution in [0.15, 0.2) is 0 Å². The number of carbonyl (C=O) groups is 1. The van der Waals surface area contributed by atoms with Gasteiger partial charge in [0.25, 0.3) is 0 Å². The average molecular weight is 225 g/mol. The molecule has 0 bridgehead atoms. The average Bonchev–Trinajstić information content (AvgIpc) is 2.57. The van der Waals surface area contributed by atoms with Crippen LogP contribution in [0, 0.1) is 11.3 Å². The largest absolute Gasteiger partial charge is 0.381 e. The molecule has 2 saturated heterocycles. The van der Waals surface area contributed by atoms with E-state index >= 15 is 0 Å². The molecule has 1 spiro atoms. The van der Waals surface area contributed by atoms with Gasteiger partial charge in [-0.1, -0.05) is 27.2 Å². The smallest absolute Gasteiger partial charge is 0.220 e. The maximum Gasteiger partial charge on any atom is 0.220 e. The van der Waals surface area contributed by atoms with E-state index < -0.39 is 0 Å². The lowest BCUT2D eigenvalue weighted by molar-refractivity contribution is -0.120. The van der Waals surface area contributed by atoms with E-state index in [0.717, 1.165) is 32.5 Å². The van der Waals surface area contributed by atoms with Crippen LogP contribution in [0.5, 0.6) is 0 Å². The molecule has 3 heteroatoms. The highest BCUT2D eigenvalue weighted by Gasteiger charge is 2.52. The first-order valence-electron chi connectivity index (χ1n) is 6.39. The van der Waals surface area contributed by atoms with E-state index in [1.54, 1.807) is 0 Å². The summed E-state index contributed by atoms with van der Waals surface area (Å²) in [4.78, 5) is 11.7. The van der Waals surface area contributed by atoms with Crippen LogP contribution in [0.25, 0.3) is 0 Å². The van der Waals surface area contributed by atoms with Gasteiger partial charge in [-0.05, 0) is 24.2 Å². The molecule has 0 aromatic rings. The molecule has 2 heterocycles. The van der Waals surface area contributed by atoms with Crippen LogP contribution in [-0.2, 0) is 9.53 Å². The predicted octanol–water partition coefficient (Wildman–Crippen LogP) is 2.11. The number of rotatable bonds is 2. The highest BCUT2D eigenvalue weighted by atomic mass is 16.5. The van der Waals surface area contributed by atoms with Crippen molar-refractivity contribution in [2.45, 2.75) is 52.0 Å². The van der Waals surface area contributed by atoms with Gasteiger partial charge in [0.15, 0.2) is 0 Å². The van der Waals surface area contributed by atoms with Crippen LogP contribution in [0.3, 0.4) is 0 Å². The Hall–Kier alpha value is -0.570. The highest BCUT2D eigenvalue weighted by Crippen LogP contribution is 2.47. The molecule has 3 nitrogen and oxygen atoms in total. The molecule has 2 fully saturated rings. The van der Waals surface area contributed by atoms with Crippen LogP contribution >= 0.6 is 0 Å². The molecule has 0 aliphatic carbocycles. The van der Waals surface area contributed by atoms with Crippen molar-refractivity contribution in [3.63, 3.8) is 0 Å². The lowest BCUT2D eigenvalue weighted by atomic mass is 9.64. The molecular formula is C13H23NO2. The number of hydrogen-bond donors (Lipinski definition) is 1. The molecule has 2 rings (SSSR count). The van der Waals surface area contributed by atoms with Gasteiger partial charge in [-0.2, -0.15) is 0 Å². The fourth-order valence-corrected chi connectivity index (χ4v) is 3.28. The molecular weight excluding hydrogens is 202 g/mol. The molecule has 0 aromatic heterocycles. The Morgan fingerprint density at radius 2 is 2.06 bits per heavy atom. The van der Waals surface area contributed by atoms with Crippen LogP contribution in [0.2, 0.25) is 0 Å². The quantitative estimate of drug-likeness (QED) is 0.781. The third-order valence-electron chi connectivity index (χ3n) is 4.68. The van der Waals surface area contributed by atoms with Crippen LogP contribution in [-0.4, -0.2) is 24.7 Å². The van der Waals surface area contributed by atoms with E-state index in [4.69, 9.17) is 4.74 Å². The SMILES string of the molecule is CCC(C)(C)C1CC(=O)NC12CCOCC2. The first kappa shape index (κ1) is 11.9. The Bertz CT molecular complexity index is 280. The van der Waals surface area contributed by atoms with Gasteiger partial charge in [0.2, 0.25) is 5.91 Å². The standard InChI is InChI=1S/C13H23NO2/c1-4-12(2,3)10-9-11(15)14-13(10)5-7-16-8-6-13/h10H,4-9H2,1-3H3,(H,14,15). The molecule has 1 atom stereocenters. The van der Waals surface area contributed by atoms with Crippen LogP contribution < -0.4 is 5.32 Å². The van der Waals surface area contributed by atoms with Gasteiger partial charge in [-0.25, -0.2) is 0 Å². The van der Waals surface area contributed by atoms with E-state index in [0.29, 0.717) is 12.3 Å². The second-order valence-corrected chi connectivity index (χ2v) is 5.92. The van der Waals surface area contributed by atoms with Crippen LogP contribution in [0.4, 0.5) is 0 Å². The van der Waals surface area contributed by atoms with E-state index in [2.05, 4.69) is 26.1 Å². The number of hydrogen-bond acceptors (Lipinski definition) is 2. The molecule has 1 amide bonds. The van der Waals surface area contributed by atoms with E-state index in [-0.39, 0.29) is 16.9 Å². The fraction of sp³-hybridized carbons (Fsp3) is 0.923. The Balaban J connectivity index is 2.24. The number of nitrogens with one attached hydrogen (secondary N) is 1. The van der Waals surface area contributed by atoms with E-state index in [1.165, 1.54) is 0 Å². The third-order valence-corrected chi connectivity index (χ3v) is 4.68. The summed E-state index contributed by atoms with van der Waals surface area (Å²) in [5.41, 5.74) is 0.255. The summed E-state index contributed by atoms with van der Waals surface area (Å²) < 4.78 is 5.43. The Kier molecular flexibility index (Phi) is 2.99. The first-order valence-corrected chi connectivity index (χ1v) is 6.39. The van der Waals surface area contributed by atoms with Crippen molar-refractivity contribution in [2.24, 2.45) is 11.3 Å². The van der Waals surface area contributed by atoms with Gasteiger partial charge in [-0.15, -0.1) is 0 Å². The second-order valence-electron chi connectivity index (χ2n) is 5.92. The molecule has 1 N–H and O–H groups in total. The van der Waals surface area contributed by atoms with Gasteiger partial charge in [0.05, 0.1) is 0 Å². The van der Waals surface area contributed by atoms with Gasteiger partial charge < -0.3 is 10.1 Å². The van der Waals surface area contributed by atoms with Crippen molar-refractivity contribution in [1.29, 1.82) is 0 Å². The molecule has 2 aliphatic heterocycles. The Morgan fingerprint density at radius 3 is 2.62 bits per heavy atom. The van der Waals surface area contributed by atoms with E-state index in [1.807, 2.05) is 0 Å². The van der Waals surface area contributed by atoms with Crippen LogP contribution in [0.1, 0.15) is 46.5 Å². The molecule has 0 radical (unpaired) electrons. The summed E-state index contributed by atoms with van der Waals surface area (Å²) in [5.74, 6) is 0.690. The molecule has 16 heavy (non-hydrogen) atoms. The predicted molar refractivity (Wildman–Crippen MR) is 63.1 cm³/mol. The van der Waals surface area contributed by atoms with Crippen molar-refractivity contribution < 1.29 is 9.53 Å². The summed E-state index contributed by atoms with van der Waals surface area (Å²) in [6.07, 6.45) is 3.77. The zero-order chi connectivity index (χ0) is 11.8. The monoisotopic (exact) mass is 225 g/mol. The summed E-state index contributed by atoms with van der Waals surface area (Å²) >= 11 is 0. The number of ether oxygens (including phenoxy) is 1. The third kappa shape index (κ3) is 1.86.